The molecule has 0 aliphatic carbocycles. The van der Waals surface area contributed by atoms with Crippen LogP contribution in [0.3, 0.4) is 0 Å². The molecule has 51 heavy (non-hydrogen) atoms. The molecule has 5 atom stereocenters. The Bertz CT molecular complexity index is 1400. The number of hydrogen-bond donors (Lipinski definition) is 10. The zero-order chi connectivity index (χ0) is 37.8. The zero-order valence-electron chi connectivity index (χ0n) is 29.7. The number of carbonyl (C=O) groups excluding carboxylic acids is 4. The molecule has 282 valence electrons. The first-order valence-electron chi connectivity index (χ1n) is 17.2. The molecule has 13 N–H and O–H groups in total. The summed E-state index contributed by atoms with van der Waals surface area (Å²) in [6.45, 7) is 6.53. The van der Waals surface area contributed by atoms with Crippen molar-refractivity contribution in [1.29, 1.82) is 0 Å². The van der Waals surface area contributed by atoms with E-state index in [1.54, 1.807) is 6.92 Å². The second-order valence-corrected chi connectivity index (χ2v) is 12.8. The Morgan fingerprint density at radius 3 is 2.04 bits per heavy atom. The van der Waals surface area contributed by atoms with Crippen LogP contribution in [0, 0.1) is 5.92 Å². The summed E-state index contributed by atoms with van der Waals surface area (Å²) in [7, 11) is 0. The number of H-pyrrole nitrogens is 1. The first-order valence-corrected chi connectivity index (χ1v) is 17.2. The van der Waals surface area contributed by atoms with Gasteiger partial charge in [0.05, 0.1) is 12.4 Å². The predicted octanol–water partition coefficient (Wildman–Crippen LogP) is -0.617. The molecule has 0 fully saturated rings. The number of carbonyl (C=O) groups is 5. The number of aliphatic carboxylic acids is 1. The first-order chi connectivity index (χ1) is 24.3. The Balaban J connectivity index is 2.20. The number of aromatic amines is 1. The third kappa shape index (κ3) is 16.5. The summed E-state index contributed by atoms with van der Waals surface area (Å²) in [4.78, 5) is 76.8. The molecule has 0 radical (unpaired) electrons. The van der Waals surface area contributed by atoms with E-state index < -0.39 is 53.9 Å². The minimum absolute atomic E-state index is 0.0299. The van der Waals surface area contributed by atoms with E-state index in [0.717, 1.165) is 5.56 Å². The Labute approximate surface area is 298 Å². The number of aliphatic imine (C=N–C) groups is 1. The molecule has 0 saturated carbocycles. The SMILES string of the molecule is CC(C)C[C@H](NC(=O)[C@H](C)NCc1ccccc1)C(=O)N[C@@H](CCCCN)C(=O)N[C@@H](Cc1cnc[nH]1)C(=O)N[C@@H](CCCN=C(N)N)C(=O)O. The largest absolute Gasteiger partial charge is 0.480 e. The van der Waals surface area contributed by atoms with E-state index in [9.17, 15) is 29.1 Å². The molecule has 0 aliphatic rings. The fourth-order valence-corrected chi connectivity index (χ4v) is 5.12. The topological polar surface area (TPSA) is 285 Å². The number of guanidine groups is 1. The molecule has 17 heteroatoms. The van der Waals surface area contributed by atoms with E-state index in [1.807, 2.05) is 44.2 Å². The van der Waals surface area contributed by atoms with E-state index in [1.165, 1.54) is 12.5 Å². The van der Waals surface area contributed by atoms with Crippen molar-refractivity contribution in [2.45, 2.75) is 102 Å². The highest BCUT2D eigenvalue weighted by Gasteiger charge is 2.32. The van der Waals surface area contributed by atoms with E-state index in [4.69, 9.17) is 17.2 Å². The average Bonchev–Trinajstić information content (AvgIpc) is 3.60. The van der Waals surface area contributed by atoms with Crippen LogP contribution in [0.1, 0.15) is 70.6 Å². The number of nitrogens with two attached hydrogens (primary N) is 3. The van der Waals surface area contributed by atoms with Crippen LogP contribution >= 0.6 is 0 Å². The van der Waals surface area contributed by atoms with Gasteiger partial charge < -0.3 is 53.9 Å². The fraction of sp³-hybridized carbons (Fsp3) is 0.559. The number of carboxylic acids is 1. The number of unbranched alkanes of at least 4 members (excludes halogenated alkanes) is 1. The summed E-state index contributed by atoms with van der Waals surface area (Å²) < 4.78 is 0. The lowest BCUT2D eigenvalue weighted by Gasteiger charge is -2.27. The van der Waals surface area contributed by atoms with E-state index in [0.29, 0.717) is 38.0 Å². The van der Waals surface area contributed by atoms with Gasteiger partial charge in [0.25, 0.3) is 0 Å². The summed E-state index contributed by atoms with van der Waals surface area (Å²) in [5.74, 6) is -3.71. The van der Waals surface area contributed by atoms with Gasteiger partial charge in [-0.25, -0.2) is 9.78 Å². The second-order valence-electron chi connectivity index (χ2n) is 12.8. The summed E-state index contributed by atoms with van der Waals surface area (Å²) in [6.07, 6.45) is 4.73. The van der Waals surface area contributed by atoms with Gasteiger partial charge in [-0.3, -0.25) is 24.2 Å². The first kappa shape index (κ1) is 42.1. The van der Waals surface area contributed by atoms with Gasteiger partial charge in [-0.1, -0.05) is 44.2 Å². The summed E-state index contributed by atoms with van der Waals surface area (Å²) >= 11 is 0. The standard InChI is InChI=1S/C34H55N11O6/c1-21(2)16-27(44-29(46)22(3)40-18-23-10-5-4-6-11-23)31(48)42-25(12-7-8-14-35)30(47)45-28(17-24-19-38-20-41-24)32(49)43-26(33(50)51)13-9-15-39-34(36)37/h4-6,10-11,19-22,25-28,40H,7-9,12-18,35H2,1-3H3,(H,38,41)(H,42,48)(H,43,49)(H,44,46)(H,45,47)(H,50,51)(H4,36,37,39)/t22-,25-,26-,27-,28-/m0/s1. The van der Waals surface area contributed by atoms with Gasteiger partial charge in [-0.05, 0) is 63.5 Å². The second kappa shape index (κ2) is 22.6. The molecular formula is C34H55N11O6. The number of aromatic nitrogens is 2. The number of nitrogens with zero attached hydrogens (tertiary/aromatic N) is 2. The van der Waals surface area contributed by atoms with Crippen molar-refractivity contribution in [2.75, 3.05) is 13.1 Å². The maximum absolute atomic E-state index is 13.8. The van der Waals surface area contributed by atoms with Gasteiger partial charge in [-0.15, -0.1) is 0 Å². The highest BCUT2D eigenvalue weighted by molar-refractivity contribution is 5.95. The minimum atomic E-state index is -1.28. The Morgan fingerprint density at radius 1 is 0.824 bits per heavy atom. The summed E-state index contributed by atoms with van der Waals surface area (Å²) in [6, 6.07) is 4.44. The molecular weight excluding hydrogens is 658 g/mol. The lowest BCUT2D eigenvalue weighted by atomic mass is 10.0. The summed E-state index contributed by atoms with van der Waals surface area (Å²) in [5, 5.41) is 23.7. The highest BCUT2D eigenvalue weighted by Crippen LogP contribution is 2.10. The molecule has 17 nitrogen and oxygen atoms in total. The van der Waals surface area contributed by atoms with Crippen molar-refractivity contribution < 1.29 is 29.1 Å². The van der Waals surface area contributed by atoms with Crippen LogP contribution in [0.15, 0.2) is 47.8 Å². The van der Waals surface area contributed by atoms with Gasteiger partial charge in [0.15, 0.2) is 5.96 Å². The third-order valence-electron chi connectivity index (χ3n) is 7.94. The Morgan fingerprint density at radius 2 is 1.43 bits per heavy atom. The van der Waals surface area contributed by atoms with Crippen molar-refractivity contribution in [3.63, 3.8) is 0 Å². The lowest BCUT2D eigenvalue weighted by molar-refractivity contribution is -0.142. The Kier molecular flexibility index (Phi) is 18.7. The van der Waals surface area contributed by atoms with Gasteiger partial charge in [0.2, 0.25) is 23.6 Å². The summed E-state index contributed by atoms with van der Waals surface area (Å²) in [5.41, 5.74) is 17.9. The molecule has 0 spiro atoms. The van der Waals surface area contributed by atoms with Crippen molar-refractivity contribution in [3.8, 4) is 0 Å². The minimum Gasteiger partial charge on any atom is -0.480 e. The van der Waals surface area contributed by atoms with Crippen molar-refractivity contribution >= 4 is 35.6 Å². The lowest BCUT2D eigenvalue weighted by Crippen LogP contribution is -2.59. The number of carboxylic acid groups (broad SMARTS) is 1. The Hall–Kier alpha value is -5.03. The molecule has 1 aromatic carbocycles. The molecule has 0 aliphatic heterocycles. The molecule has 0 saturated heterocycles. The molecule has 2 aromatic rings. The van der Waals surface area contributed by atoms with Gasteiger partial charge >= 0.3 is 5.97 Å². The molecule has 1 heterocycles. The van der Waals surface area contributed by atoms with Crippen LogP contribution in [-0.2, 0) is 36.9 Å². The average molecular weight is 714 g/mol. The highest BCUT2D eigenvalue weighted by atomic mass is 16.4. The van der Waals surface area contributed by atoms with Gasteiger partial charge in [0, 0.05) is 31.4 Å². The van der Waals surface area contributed by atoms with Crippen LogP contribution in [0.25, 0.3) is 0 Å². The van der Waals surface area contributed by atoms with Crippen molar-refractivity contribution in [2.24, 2.45) is 28.1 Å². The van der Waals surface area contributed by atoms with Crippen LogP contribution in [0.5, 0.6) is 0 Å². The van der Waals surface area contributed by atoms with E-state index in [2.05, 4.69) is 41.5 Å². The maximum Gasteiger partial charge on any atom is 0.326 e. The molecule has 0 bridgehead atoms. The molecule has 2 rings (SSSR count). The number of nitrogens with one attached hydrogen (secondary N) is 6. The molecule has 0 unspecified atom stereocenters. The van der Waals surface area contributed by atoms with E-state index in [-0.39, 0.29) is 50.0 Å². The van der Waals surface area contributed by atoms with Crippen LogP contribution in [0.2, 0.25) is 0 Å². The zero-order valence-corrected chi connectivity index (χ0v) is 29.7. The quantitative estimate of drug-likeness (QED) is 0.0372. The monoisotopic (exact) mass is 713 g/mol. The maximum atomic E-state index is 13.8. The number of benzene rings is 1. The third-order valence-corrected chi connectivity index (χ3v) is 7.94. The number of imidazole rings is 1. The smallest absolute Gasteiger partial charge is 0.326 e. The molecule has 1 aromatic heterocycles. The fourth-order valence-electron chi connectivity index (χ4n) is 5.12. The van der Waals surface area contributed by atoms with Crippen LogP contribution < -0.4 is 43.8 Å². The van der Waals surface area contributed by atoms with E-state index >= 15 is 0 Å². The van der Waals surface area contributed by atoms with Crippen molar-refractivity contribution in [1.82, 2.24) is 36.6 Å². The number of rotatable bonds is 24. The normalized spacial score (nSPS) is 14.0. The van der Waals surface area contributed by atoms with Crippen LogP contribution in [-0.4, -0.2) is 93.9 Å². The van der Waals surface area contributed by atoms with Crippen LogP contribution in [0.4, 0.5) is 0 Å². The van der Waals surface area contributed by atoms with Gasteiger partial charge in [0.1, 0.15) is 24.2 Å². The van der Waals surface area contributed by atoms with Gasteiger partial charge in [-0.2, -0.15) is 0 Å². The molecule has 4 amide bonds. The predicted molar refractivity (Wildman–Crippen MR) is 193 cm³/mol. The number of amides is 4. The van der Waals surface area contributed by atoms with Crippen molar-refractivity contribution in [3.05, 3.63) is 54.1 Å². The number of hydrogen-bond acceptors (Lipinski definition) is 9.